The zero-order chi connectivity index (χ0) is 18.1. The van der Waals surface area contributed by atoms with E-state index in [9.17, 15) is 4.79 Å². The van der Waals surface area contributed by atoms with E-state index in [0.717, 1.165) is 6.42 Å². The Morgan fingerprint density at radius 3 is 2.88 bits per heavy atom. The van der Waals surface area contributed by atoms with Gasteiger partial charge in [0.15, 0.2) is 16.6 Å². The van der Waals surface area contributed by atoms with E-state index >= 15 is 0 Å². The van der Waals surface area contributed by atoms with Crippen LogP contribution in [0.1, 0.15) is 23.0 Å². The van der Waals surface area contributed by atoms with E-state index in [1.807, 2.05) is 19.1 Å². The number of anilines is 1. The van der Waals surface area contributed by atoms with Crippen molar-refractivity contribution in [3.8, 4) is 16.6 Å². The molecule has 0 N–H and O–H groups in total. The third-order valence-corrected chi connectivity index (χ3v) is 5.36. The fourth-order valence-electron chi connectivity index (χ4n) is 2.76. The first kappa shape index (κ1) is 16.9. The molecule has 0 bridgehead atoms. The lowest BCUT2D eigenvalue weighted by molar-refractivity contribution is 0.0958. The maximum absolute atomic E-state index is 13.1. The van der Waals surface area contributed by atoms with Crippen LogP contribution in [0, 0.1) is 0 Å². The second kappa shape index (κ2) is 7.01. The van der Waals surface area contributed by atoms with Crippen LogP contribution in [-0.2, 0) is 0 Å². The number of halogens is 1. The average molecular weight is 387 g/mol. The summed E-state index contributed by atoms with van der Waals surface area (Å²) in [6, 6.07) is 7.15. The van der Waals surface area contributed by atoms with Gasteiger partial charge in [0.2, 0.25) is 0 Å². The molecule has 8 heteroatoms. The van der Waals surface area contributed by atoms with Gasteiger partial charge < -0.3 is 9.64 Å². The summed E-state index contributed by atoms with van der Waals surface area (Å²) in [6.45, 7) is 2.49. The summed E-state index contributed by atoms with van der Waals surface area (Å²) in [4.78, 5) is 28.0. The van der Waals surface area contributed by atoms with Gasteiger partial charge in [0.1, 0.15) is 11.0 Å². The standard InChI is InChI=1S/C18H15ClN4O2S/c1-2-11-10-23(13-6-3-5-12(19)15(13)25-11)18(24)14-9-22-17(26-14)16-20-7-4-8-21-16/h3-9,11H,2,10H2,1H3/t11-/m0/s1. The number of benzene rings is 1. The Hall–Kier alpha value is -2.51. The molecule has 1 aromatic carbocycles. The number of fused-ring (bicyclic) bond motifs is 1. The van der Waals surface area contributed by atoms with Crippen molar-refractivity contribution in [1.82, 2.24) is 15.0 Å². The van der Waals surface area contributed by atoms with Gasteiger partial charge >= 0.3 is 0 Å². The first-order valence-corrected chi connectivity index (χ1v) is 9.37. The molecule has 0 saturated carbocycles. The van der Waals surface area contributed by atoms with Crippen molar-refractivity contribution in [1.29, 1.82) is 0 Å². The number of nitrogens with zero attached hydrogens (tertiary/aromatic N) is 4. The number of carbonyl (C=O) groups is 1. The lowest BCUT2D eigenvalue weighted by Gasteiger charge is -2.34. The second-order valence-electron chi connectivity index (χ2n) is 5.75. The number of hydrogen-bond donors (Lipinski definition) is 0. The van der Waals surface area contributed by atoms with Crippen LogP contribution in [0.3, 0.4) is 0 Å². The van der Waals surface area contributed by atoms with Crippen LogP contribution >= 0.6 is 22.9 Å². The van der Waals surface area contributed by atoms with Crippen molar-refractivity contribution in [3.05, 3.63) is 52.8 Å². The molecule has 0 saturated heterocycles. The summed E-state index contributed by atoms with van der Waals surface area (Å²) in [5.41, 5.74) is 0.679. The summed E-state index contributed by atoms with van der Waals surface area (Å²) in [7, 11) is 0. The molecule has 1 aliphatic heterocycles. The van der Waals surface area contributed by atoms with E-state index in [0.29, 0.717) is 38.7 Å². The highest BCUT2D eigenvalue weighted by Crippen LogP contribution is 2.40. The van der Waals surface area contributed by atoms with Gasteiger partial charge in [-0.05, 0) is 24.6 Å². The molecule has 3 aromatic rings. The van der Waals surface area contributed by atoms with E-state index in [1.54, 1.807) is 35.6 Å². The molecule has 2 aromatic heterocycles. The normalized spacial score (nSPS) is 16.1. The smallest absolute Gasteiger partial charge is 0.270 e. The lowest BCUT2D eigenvalue weighted by atomic mass is 10.1. The van der Waals surface area contributed by atoms with Gasteiger partial charge in [-0.2, -0.15) is 0 Å². The van der Waals surface area contributed by atoms with E-state index in [-0.39, 0.29) is 12.0 Å². The largest absolute Gasteiger partial charge is 0.485 e. The Morgan fingerprint density at radius 2 is 2.12 bits per heavy atom. The SMILES string of the molecule is CC[C@H]1CN(C(=O)c2cnc(-c3ncccn3)s2)c2cccc(Cl)c2O1. The highest BCUT2D eigenvalue weighted by molar-refractivity contribution is 7.17. The Kier molecular flexibility index (Phi) is 4.57. The van der Waals surface area contributed by atoms with Crippen LogP contribution < -0.4 is 9.64 Å². The molecule has 132 valence electrons. The summed E-state index contributed by atoms with van der Waals surface area (Å²) in [5.74, 6) is 0.931. The highest BCUT2D eigenvalue weighted by Gasteiger charge is 2.32. The van der Waals surface area contributed by atoms with Gasteiger partial charge in [0.25, 0.3) is 5.91 Å². The Morgan fingerprint density at radius 1 is 1.31 bits per heavy atom. The second-order valence-corrected chi connectivity index (χ2v) is 7.19. The van der Waals surface area contributed by atoms with E-state index in [4.69, 9.17) is 16.3 Å². The number of hydrogen-bond acceptors (Lipinski definition) is 6. The fourth-order valence-corrected chi connectivity index (χ4v) is 3.78. The Labute approximate surface area is 159 Å². The predicted octanol–water partition coefficient (Wildman–Crippen LogP) is 4.07. The molecule has 1 atom stereocenters. The minimum Gasteiger partial charge on any atom is -0.485 e. The molecule has 6 nitrogen and oxygen atoms in total. The summed E-state index contributed by atoms with van der Waals surface area (Å²) in [6.07, 6.45) is 5.55. The van der Waals surface area contributed by atoms with Crippen LogP contribution in [0.5, 0.6) is 5.75 Å². The molecule has 4 rings (SSSR count). The van der Waals surface area contributed by atoms with Crippen molar-refractivity contribution >= 4 is 34.5 Å². The molecule has 0 aliphatic carbocycles. The number of thiazole rings is 1. The van der Waals surface area contributed by atoms with Crippen molar-refractivity contribution < 1.29 is 9.53 Å². The third-order valence-electron chi connectivity index (χ3n) is 4.08. The average Bonchev–Trinajstić information content (AvgIpc) is 3.18. The van der Waals surface area contributed by atoms with E-state index in [2.05, 4.69) is 15.0 Å². The third kappa shape index (κ3) is 3.04. The van der Waals surface area contributed by atoms with Crippen molar-refractivity contribution in [3.63, 3.8) is 0 Å². The Balaban J connectivity index is 1.68. The molecule has 0 fully saturated rings. The number of ether oxygens (including phenoxy) is 1. The van der Waals surface area contributed by atoms with Gasteiger partial charge in [-0.3, -0.25) is 4.79 Å². The number of para-hydroxylation sites is 1. The van der Waals surface area contributed by atoms with Crippen LogP contribution in [0.2, 0.25) is 5.02 Å². The molecule has 0 radical (unpaired) electrons. The maximum Gasteiger partial charge on any atom is 0.270 e. The zero-order valence-corrected chi connectivity index (χ0v) is 15.5. The first-order chi connectivity index (χ1) is 12.7. The maximum atomic E-state index is 13.1. The van der Waals surface area contributed by atoms with Crippen LogP contribution in [0.15, 0.2) is 42.9 Å². The fraction of sp³-hybridized carbons (Fsp3) is 0.222. The van der Waals surface area contributed by atoms with E-state index in [1.165, 1.54) is 11.3 Å². The lowest BCUT2D eigenvalue weighted by Crippen LogP contribution is -2.43. The summed E-state index contributed by atoms with van der Waals surface area (Å²) in [5, 5.41) is 1.11. The van der Waals surface area contributed by atoms with E-state index < -0.39 is 0 Å². The minimum atomic E-state index is -0.130. The monoisotopic (exact) mass is 386 g/mol. The number of rotatable bonds is 3. The quantitative estimate of drug-likeness (QED) is 0.678. The Bertz CT molecular complexity index is 947. The molecule has 3 heterocycles. The summed E-state index contributed by atoms with van der Waals surface area (Å²) < 4.78 is 5.94. The van der Waals surface area contributed by atoms with Crippen LogP contribution in [0.4, 0.5) is 5.69 Å². The van der Waals surface area contributed by atoms with Gasteiger partial charge in [0, 0.05) is 12.4 Å². The van der Waals surface area contributed by atoms with Crippen LogP contribution in [0.25, 0.3) is 10.8 Å². The number of carbonyl (C=O) groups excluding carboxylic acids is 1. The number of aromatic nitrogens is 3. The van der Waals surface area contributed by atoms with Crippen molar-refractivity contribution in [2.24, 2.45) is 0 Å². The van der Waals surface area contributed by atoms with Gasteiger partial charge in [-0.25, -0.2) is 15.0 Å². The minimum absolute atomic E-state index is 0.101. The molecular weight excluding hydrogens is 372 g/mol. The van der Waals surface area contributed by atoms with Gasteiger partial charge in [-0.15, -0.1) is 11.3 Å². The van der Waals surface area contributed by atoms with Crippen LogP contribution in [-0.4, -0.2) is 33.5 Å². The molecule has 0 unspecified atom stereocenters. The van der Waals surface area contributed by atoms with Gasteiger partial charge in [-0.1, -0.05) is 24.6 Å². The number of amides is 1. The zero-order valence-electron chi connectivity index (χ0n) is 13.9. The molecule has 1 amide bonds. The van der Waals surface area contributed by atoms with Crippen molar-refractivity contribution in [2.75, 3.05) is 11.4 Å². The summed E-state index contributed by atoms with van der Waals surface area (Å²) >= 11 is 7.55. The molecule has 26 heavy (non-hydrogen) atoms. The van der Waals surface area contributed by atoms with Gasteiger partial charge in [0.05, 0.1) is 23.5 Å². The highest BCUT2D eigenvalue weighted by atomic mass is 35.5. The predicted molar refractivity (Wildman–Crippen MR) is 101 cm³/mol. The van der Waals surface area contributed by atoms with Crippen molar-refractivity contribution in [2.45, 2.75) is 19.4 Å². The topological polar surface area (TPSA) is 68.2 Å². The molecule has 0 spiro atoms. The molecule has 1 aliphatic rings. The molecular formula is C18H15ClN4O2S. The first-order valence-electron chi connectivity index (χ1n) is 8.17.